The Hall–Kier alpha value is -1.63. The van der Waals surface area contributed by atoms with E-state index in [-0.39, 0.29) is 5.97 Å². The molecule has 118 valence electrons. The van der Waals surface area contributed by atoms with E-state index in [2.05, 4.69) is 26.2 Å². The van der Waals surface area contributed by atoms with Crippen LogP contribution in [0, 0.1) is 5.92 Å². The van der Waals surface area contributed by atoms with E-state index in [9.17, 15) is 4.79 Å². The molecule has 1 fully saturated rings. The van der Waals surface area contributed by atoms with Crippen molar-refractivity contribution in [2.75, 3.05) is 13.2 Å². The van der Waals surface area contributed by atoms with Crippen LogP contribution in [0.1, 0.15) is 26.2 Å². The Morgan fingerprint density at radius 1 is 1.41 bits per heavy atom. The van der Waals surface area contributed by atoms with E-state index in [1.165, 1.54) is 19.8 Å². The van der Waals surface area contributed by atoms with Crippen molar-refractivity contribution in [1.29, 1.82) is 0 Å². The summed E-state index contributed by atoms with van der Waals surface area (Å²) in [6.45, 7) is 3.18. The molecule has 1 heterocycles. The Labute approximate surface area is 136 Å². The predicted molar refractivity (Wildman–Crippen MR) is 84.7 cm³/mol. The molecule has 1 aliphatic carbocycles. The fourth-order valence-corrected chi connectivity index (χ4v) is 2.76. The molecule has 1 aromatic carbocycles. The van der Waals surface area contributed by atoms with Crippen LogP contribution in [0.25, 0.3) is 11.0 Å². The zero-order valence-electron chi connectivity index (χ0n) is 12.4. The second-order valence-corrected chi connectivity index (χ2v) is 6.30. The average Bonchev–Trinajstić information content (AvgIpc) is 3.20. The van der Waals surface area contributed by atoms with Crippen LogP contribution in [0.15, 0.2) is 16.6 Å². The van der Waals surface area contributed by atoms with E-state index in [1.54, 1.807) is 0 Å². The maximum Gasteiger partial charge on any atom is 0.302 e. The predicted octanol–water partition coefficient (Wildman–Crippen LogP) is 2.94. The summed E-state index contributed by atoms with van der Waals surface area (Å²) in [5.74, 6) is 1.21. The molecule has 0 atom stereocenters. The van der Waals surface area contributed by atoms with E-state index in [0.717, 1.165) is 33.7 Å². The SMILES string of the molecule is CC(=O)OCCCOc1ccc2c(nnn2CC2CC2)c1Br. The monoisotopic (exact) mass is 367 g/mol. The van der Waals surface area contributed by atoms with Gasteiger partial charge < -0.3 is 9.47 Å². The number of ether oxygens (including phenoxy) is 2. The molecule has 6 nitrogen and oxygen atoms in total. The van der Waals surface area contributed by atoms with Gasteiger partial charge in [-0.3, -0.25) is 4.79 Å². The van der Waals surface area contributed by atoms with Crippen LogP contribution >= 0.6 is 15.9 Å². The number of rotatable bonds is 7. The van der Waals surface area contributed by atoms with Gasteiger partial charge in [-0.15, -0.1) is 5.10 Å². The van der Waals surface area contributed by atoms with Gasteiger partial charge in [0.25, 0.3) is 0 Å². The highest BCUT2D eigenvalue weighted by Gasteiger charge is 2.23. The van der Waals surface area contributed by atoms with Crippen LogP contribution in [-0.4, -0.2) is 34.2 Å². The van der Waals surface area contributed by atoms with Crippen molar-refractivity contribution in [3.8, 4) is 5.75 Å². The summed E-state index contributed by atoms with van der Waals surface area (Å²) >= 11 is 3.54. The molecule has 1 aliphatic rings. The minimum atomic E-state index is -0.269. The van der Waals surface area contributed by atoms with Gasteiger partial charge in [-0.05, 0) is 46.8 Å². The second kappa shape index (κ2) is 6.64. The summed E-state index contributed by atoms with van der Waals surface area (Å²) in [5, 5.41) is 8.47. The number of halogens is 1. The summed E-state index contributed by atoms with van der Waals surface area (Å²) in [4.78, 5) is 10.7. The number of fused-ring (bicyclic) bond motifs is 1. The van der Waals surface area contributed by atoms with Gasteiger partial charge in [-0.25, -0.2) is 4.68 Å². The number of carbonyl (C=O) groups is 1. The summed E-state index contributed by atoms with van der Waals surface area (Å²) in [5.41, 5.74) is 1.84. The Kier molecular flexibility index (Phi) is 4.61. The van der Waals surface area contributed by atoms with E-state index >= 15 is 0 Å². The third-order valence-corrected chi connectivity index (χ3v) is 4.34. The zero-order valence-corrected chi connectivity index (χ0v) is 14.0. The van der Waals surface area contributed by atoms with Crippen LogP contribution < -0.4 is 4.74 Å². The van der Waals surface area contributed by atoms with Gasteiger partial charge in [0.05, 0.1) is 23.2 Å². The number of hydrogen-bond donors (Lipinski definition) is 0. The lowest BCUT2D eigenvalue weighted by molar-refractivity contribution is -0.141. The maximum absolute atomic E-state index is 10.7. The lowest BCUT2D eigenvalue weighted by atomic mass is 10.3. The van der Waals surface area contributed by atoms with Gasteiger partial charge in [0.15, 0.2) is 0 Å². The van der Waals surface area contributed by atoms with Crippen LogP contribution in [0.2, 0.25) is 0 Å². The van der Waals surface area contributed by atoms with Crippen molar-refractivity contribution >= 4 is 32.9 Å². The first-order chi connectivity index (χ1) is 10.6. The van der Waals surface area contributed by atoms with Gasteiger partial charge in [0.1, 0.15) is 11.3 Å². The molecule has 0 bridgehead atoms. The molecule has 0 amide bonds. The molecule has 0 N–H and O–H groups in total. The van der Waals surface area contributed by atoms with Crippen molar-refractivity contribution in [1.82, 2.24) is 15.0 Å². The lowest BCUT2D eigenvalue weighted by Gasteiger charge is -2.09. The van der Waals surface area contributed by atoms with Gasteiger partial charge >= 0.3 is 5.97 Å². The number of benzene rings is 1. The standard InChI is InChI=1S/C15H18BrN3O3/c1-10(20)21-7-2-8-22-13-6-5-12-15(14(13)16)17-18-19(12)9-11-3-4-11/h5-6,11H,2-4,7-9H2,1H3. The van der Waals surface area contributed by atoms with Gasteiger partial charge in [0.2, 0.25) is 0 Å². The van der Waals surface area contributed by atoms with Crippen LogP contribution in [0.4, 0.5) is 0 Å². The first kappa shape index (κ1) is 15.3. The first-order valence-corrected chi connectivity index (χ1v) is 8.22. The van der Waals surface area contributed by atoms with Crippen LogP contribution in [-0.2, 0) is 16.1 Å². The zero-order chi connectivity index (χ0) is 15.5. The highest BCUT2D eigenvalue weighted by atomic mass is 79.9. The quantitative estimate of drug-likeness (QED) is 0.555. The fraction of sp³-hybridized carbons (Fsp3) is 0.533. The summed E-state index contributed by atoms with van der Waals surface area (Å²) in [6, 6.07) is 3.91. The Bertz CT molecular complexity index is 682. The highest BCUT2D eigenvalue weighted by molar-refractivity contribution is 9.10. The second-order valence-electron chi connectivity index (χ2n) is 5.50. The highest BCUT2D eigenvalue weighted by Crippen LogP contribution is 2.34. The molecule has 0 spiro atoms. The Balaban J connectivity index is 1.63. The van der Waals surface area contributed by atoms with Gasteiger partial charge in [0, 0.05) is 19.9 Å². The molecule has 7 heteroatoms. The molecule has 1 saturated carbocycles. The van der Waals surface area contributed by atoms with E-state index in [4.69, 9.17) is 9.47 Å². The molecule has 1 aromatic heterocycles. The molecule has 2 aromatic rings. The summed E-state index contributed by atoms with van der Waals surface area (Å²) in [7, 11) is 0. The molecule has 22 heavy (non-hydrogen) atoms. The molecule has 0 aliphatic heterocycles. The molecular weight excluding hydrogens is 350 g/mol. The largest absolute Gasteiger partial charge is 0.492 e. The number of hydrogen-bond acceptors (Lipinski definition) is 5. The van der Waals surface area contributed by atoms with Gasteiger partial charge in [-0.1, -0.05) is 5.21 Å². The third kappa shape index (κ3) is 3.58. The minimum absolute atomic E-state index is 0.269. The van der Waals surface area contributed by atoms with Crippen molar-refractivity contribution in [2.24, 2.45) is 5.92 Å². The number of nitrogens with zero attached hydrogens (tertiary/aromatic N) is 3. The third-order valence-electron chi connectivity index (χ3n) is 3.57. The number of esters is 1. The van der Waals surface area contributed by atoms with Crippen molar-refractivity contribution in [2.45, 2.75) is 32.7 Å². The Morgan fingerprint density at radius 3 is 2.95 bits per heavy atom. The van der Waals surface area contributed by atoms with E-state index in [0.29, 0.717) is 19.6 Å². The molecule has 0 unspecified atom stereocenters. The topological polar surface area (TPSA) is 66.2 Å². The fourth-order valence-electron chi connectivity index (χ4n) is 2.23. The van der Waals surface area contributed by atoms with Crippen LogP contribution in [0.5, 0.6) is 5.75 Å². The number of aromatic nitrogens is 3. The average molecular weight is 368 g/mol. The normalized spacial score (nSPS) is 14.3. The summed E-state index contributed by atoms with van der Waals surface area (Å²) < 4.78 is 13.4. The minimum Gasteiger partial charge on any atom is -0.492 e. The van der Waals surface area contributed by atoms with Crippen molar-refractivity contribution in [3.63, 3.8) is 0 Å². The van der Waals surface area contributed by atoms with Crippen molar-refractivity contribution in [3.05, 3.63) is 16.6 Å². The molecular formula is C15H18BrN3O3. The van der Waals surface area contributed by atoms with E-state index < -0.39 is 0 Å². The molecule has 0 saturated heterocycles. The van der Waals surface area contributed by atoms with Gasteiger partial charge in [-0.2, -0.15) is 0 Å². The number of carbonyl (C=O) groups excluding carboxylic acids is 1. The van der Waals surface area contributed by atoms with Crippen LogP contribution in [0.3, 0.4) is 0 Å². The van der Waals surface area contributed by atoms with Crippen molar-refractivity contribution < 1.29 is 14.3 Å². The maximum atomic E-state index is 10.7. The Morgan fingerprint density at radius 2 is 2.23 bits per heavy atom. The smallest absolute Gasteiger partial charge is 0.302 e. The lowest BCUT2D eigenvalue weighted by Crippen LogP contribution is -2.06. The summed E-state index contributed by atoms with van der Waals surface area (Å²) in [6.07, 6.45) is 3.22. The molecule has 3 rings (SSSR count). The molecule has 0 radical (unpaired) electrons. The van der Waals surface area contributed by atoms with E-state index in [1.807, 2.05) is 16.8 Å². The first-order valence-electron chi connectivity index (χ1n) is 7.43.